The summed E-state index contributed by atoms with van der Waals surface area (Å²) in [5.74, 6) is -1.58. The van der Waals surface area contributed by atoms with Gasteiger partial charge in [0.25, 0.3) is 5.91 Å². The number of carboxylic acid groups (broad SMARTS) is 1. The lowest BCUT2D eigenvalue weighted by Gasteiger charge is -2.27. The monoisotopic (exact) mass is 347 g/mol. The van der Waals surface area contributed by atoms with Crippen LogP contribution < -0.4 is 5.32 Å². The van der Waals surface area contributed by atoms with Gasteiger partial charge in [0.2, 0.25) is 0 Å². The van der Waals surface area contributed by atoms with Crippen molar-refractivity contribution in [2.75, 3.05) is 0 Å². The number of halogens is 2. The Morgan fingerprint density at radius 1 is 1.37 bits per heavy atom. The maximum absolute atomic E-state index is 12.1. The molecule has 0 radical (unpaired) electrons. The Hall–Kier alpha value is -1.07. The first-order valence-electron chi connectivity index (χ1n) is 5.61. The third-order valence-corrected chi connectivity index (χ3v) is 3.38. The molecule has 0 unspecified atom stereocenters. The summed E-state index contributed by atoms with van der Waals surface area (Å²) in [5.41, 5.74) is -0.355. The van der Waals surface area contributed by atoms with Gasteiger partial charge in [-0.1, -0.05) is 48.3 Å². The van der Waals surface area contributed by atoms with Crippen LogP contribution in [0.4, 0.5) is 0 Å². The van der Waals surface area contributed by atoms with Crippen molar-refractivity contribution in [2.45, 2.75) is 26.8 Å². The maximum Gasteiger partial charge on any atom is 0.326 e. The molecule has 0 aliphatic rings. The Morgan fingerprint density at radius 3 is 2.42 bits per heavy atom. The largest absolute Gasteiger partial charge is 0.480 e. The number of carbonyl (C=O) groups excluding carboxylic acids is 1. The lowest BCUT2D eigenvalue weighted by atomic mass is 9.86. The van der Waals surface area contributed by atoms with Crippen molar-refractivity contribution in [3.8, 4) is 0 Å². The minimum atomic E-state index is -1.08. The first kappa shape index (κ1) is 16.0. The highest BCUT2D eigenvalue weighted by molar-refractivity contribution is 9.10. The Labute approximate surface area is 125 Å². The molecule has 4 nitrogen and oxygen atoms in total. The van der Waals surface area contributed by atoms with E-state index in [2.05, 4.69) is 21.2 Å². The molecule has 19 heavy (non-hydrogen) atoms. The third kappa shape index (κ3) is 4.21. The molecule has 0 bridgehead atoms. The predicted octanol–water partition coefficient (Wildman–Crippen LogP) is 3.33. The van der Waals surface area contributed by atoms with Crippen LogP contribution in [0.2, 0.25) is 5.02 Å². The standard InChI is InChI=1S/C13H15BrClNO3/c1-13(2,3)10(12(18)19)16-11(17)8-6-7(14)4-5-9(8)15/h4-6,10H,1-3H3,(H,16,17)(H,18,19)/t10-/m0/s1. The zero-order chi connectivity index (χ0) is 14.8. The molecule has 0 aliphatic carbocycles. The van der Waals surface area contributed by atoms with Gasteiger partial charge in [-0.2, -0.15) is 0 Å². The van der Waals surface area contributed by atoms with E-state index in [-0.39, 0.29) is 10.6 Å². The molecule has 1 atom stereocenters. The molecular formula is C13H15BrClNO3. The normalized spacial score (nSPS) is 12.9. The van der Waals surface area contributed by atoms with E-state index in [1.165, 1.54) is 0 Å². The van der Waals surface area contributed by atoms with Crippen LogP contribution in [-0.4, -0.2) is 23.0 Å². The smallest absolute Gasteiger partial charge is 0.326 e. The minimum Gasteiger partial charge on any atom is -0.480 e. The van der Waals surface area contributed by atoms with Crippen LogP contribution in [0, 0.1) is 5.41 Å². The molecule has 1 aromatic carbocycles. The average Bonchev–Trinajstić information content (AvgIpc) is 2.26. The molecule has 6 heteroatoms. The quantitative estimate of drug-likeness (QED) is 0.880. The van der Waals surface area contributed by atoms with Crippen LogP contribution in [0.15, 0.2) is 22.7 Å². The summed E-state index contributed by atoms with van der Waals surface area (Å²) in [6.07, 6.45) is 0. The van der Waals surface area contributed by atoms with E-state index in [0.717, 1.165) is 0 Å². The van der Waals surface area contributed by atoms with Crippen LogP contribution in [0.5, 0.6) is 0 Å². The van der Waals surface area contributed by atoms with Crippen molar-refractivity contribution in [2.24, 2.45) is 5.41 Å². The van der Waals surface area contributed by atoms with Crippen molar-refractivity contribution in [1.29, 1.82) is 0 Å². The van der Waals surface area contributed by atoms with E-state index in [0.29, 0.717) is 4.47 Å². The average molecular weight is 349 g/mol. The van der Waals surface area contributed by atoms with Crippen LogP contribution in [0.3, 0.4) is 0 Å². The highest BCUT2D eigenvalue weighted by atomic mass is 79.9. The number of benzene rings is 1. The zero-order valence-electron chi connectivity index (χ0n) is 10.8. The van der Waals surface area contributed by atoms with Gasteiger partial charge < -0.3 is 10.4 Å². The Bertz CT molecular complexity index is 511. The Balaban J connectivity index is 3.01. The van der Waals surface area contributed by atoms with E-state index < -0.39 is 23.3 Å². The van der Waals surface area contributed by atoms with Crippen molar-refractivity contribution in [3.63, 3.8) is 0 Å². The molecule has 0 aliphatic heterocycles. The number of carboxylic acids is 1. The number of carbonyl (C=O) groups is 2. The molecule has 1 amide bonds. The van der Waals surface area contributed by atoms with Gasteiger partial charge in [0.15, 0.2) is 0 Å². The number of hydrogen-bond acceptors (Lipinski definition) is 2. The van der Waals surface area contributed by atoms with Gasteiger partial charge in [-0.05, 0) is 23.6 Å². The highest BCUT2D eigenvalue weighted by Gasteiger charge is 2.33. The second-order valence-corrected chi connectivity index (χ2v) is 6.56. The lowest BCUT2D eigenvalue weighted by molar-refractivity contribution is -0.142. The SMILES string of the molecule is CC(C)(C)[C@@H](NC(=O)c1cc(Br)ccc1Cl)C(=O)O. The fourth-order valence-corrected chi connectivity index (χ4v) is 2.09. The van der Waals surface area contributed by atoms with Crippen molar-refractivity contribution >= 4 is 39.4 Å². The summed E-state index contributed by atoms with van der Waals surface area (Å²) < 4.78 is 0.699. The molecule has 0 saturated heterocycles. The molecule has 104 valence electrons. The molecule has 0 saturated carbocycles. The molecule has 0 heterocycles. The number of nitrogens with one attached hydrogen (secondary N) is 1. The van der Waals surface area contributed by atoms with Gasteiger partial charge in [0, 0.05) is 4.47 Å². The van der Waals surface area contributed by atoms with Crippen LogP contribution in [-0.2, 0) is 4.79 Å². The Morgan fingerprint density at radius 2 is 1.95 bits per heavy atom. The third-order valence-electron chi connectivity index (χ3n) is 2.56. The van der Waals surface area contributed by atoms with E-state index in [9.17, 15) is 14.7 Å². The van der Waals surface area contributed by atoms with E-state index in [1.807, 2.05) is 0 Å². The molecule has 2 N–H and O–H groups in total. The van der Waals surface area contributed by atoms with Gasteiger partial charge in [0.05, 0.1) is 10.6 Å². The number of aliphatic carboxylic acids is 1. The Kier molecular flexibility index (Phi) is 4.98. The van der Waals surface area contributed by atoms with E-state index >= 15 is 0 Å². The van der Waals surface area contributed by atoms with Crippen molar-refractivity contribution < 1.29 is 14.7 Å². The lowest BCUT2D eigenvalue weighted by Crippen LogP contribution is -2.49. The number of amides is 1. The zero-order valence-corrected chi connectivity index (χ0v) is 13.2. The summed E-state index contributed by atoms with van der Waals surface area (Å²) in [4.78, 5) is 23.3. The fraction of sp³-hybridized carbons (Fsp3) is 0.385. The molecular weight excluding hydrogens is 334 g/mol. The summed E-state index contributed by atoms with van der Waals surface area (Å²) in [5, 5.41) is 11.9. The van der Waals surface area contributed by atoms with Crippen molar-refractivity contribution in [1.82, 2.24) is 5.32 Å². The molecule has 1 rings (SSSR count). The molecule has 0 spiro atoms. The first-order valence-corrected chi connectivity index (χ1v) is 6.78. The van der Waals surface area contributed by atoms with Crippen molar-refractivity contribution in [3.05, 3.63) is 33.3 Å². The fourth-order valence-electron chi connectivity index (χ4n) is 1.53. The van der Waals surface area contributed by atoms with Crippen LogP contribution >= 0.6 is 27.5 Å². The number of rotatable bonds is 3. The second kappa shape index (κ2) is 5.92. The topological polar surface area (TPSA) is 66.4 Å². The molecule has 1 aromatic rings. The maximum atomic E-state index is 12.1. The first-order chi connectivity index (χ1) is 8.62. The summed E-state index contributed by atoms with van der Waals surface area (Å²) in [6.45, 7) is 5.23. The minimum absolute atomic E-state index is 0.242. The highest BCUT2D eigenvalue weighted by Crippen LogP contribution is 2.23. The molecule has 0 aromatic heterocycles. The van der Waals surface area contributed by atoms with Gasteiger partial charge in [0.1, 0.15) is 6.04 Å². The predicted molar refractivity (Wildman–Crippen MR) is 77.5 cm³/mol. The van der Waals surface area contributed by atoms with E-state index in [1.54, 1.807) is 39.0 Å². The van der Waals surface area contributed by atoms with Gasteiger partial charge >= 0.3 is 5.97 Å². The summed E-state index contributed by atoms with van der Waals surface area (Å²) in [7, 11) is 0. The summed E-state index contributed by atoms with van der Waals surface area (Å²) in [6, 6.07) is 3.85. The van der Waals surface area contributed by atoms with Crippen LogP contribution in [0.25, 0.3) is 0 Å². The van der Waals surface area contributed by atoms with Crippen LogP contribution in [0.1, 0.15) is 31.1 Å². The van der Waals surface area contributed by atoms with Gasteiger partial charge in [-0.3, -0.25) is 4.79 Å². The number of hydrogen-bond donors (Lipinski definition) is 2. The van der Waals surface area contributed by atoms with Gasteiger partial charge in [-0.25, -0.2) is 4.79 Å². The second-order valence-electron chi connectivity index (χ2n) is 5.23. The summed E-state index contributed by atoms with van der Waals surface area (Å²) >= 11 is 9.18. The molecule has 0 fully saturated rings. The van der Waals surface area contributed by atoms with E-state index in [4.69, 9.17) is 11.6 Å². The van der Waals surface area contributed by atoms with Gasteiger partial charge in [-0.15, -0.1) is 0 Å².